The van der Waals surface area contributed by atoms with E-state index in [-0.39, 0.29) is 43.7 Å². The molecule has 0 radical (unpaired) electrons. The summed E-state index contributed by atoms with van der Waals surface area (Å²) in [5.41, 5.74) is 0. The van der Waals surface area contributed by atoms with Gasteiger partial charge in [-0.25, -0.2) is 0 Å². The molecule has 13 heavy (non-hydrogen) atoms. The van der Waals surface area contributed by atoms with Crippen LogP contribution in [-0.4, -0.2) is 34.9 Å². The number of halogens is 2. The Balaban J connectivity index is -0.0000000506. The molecule has 1 aliphatic rings. The van der Waals surface area contributed by atoms with Crippen molar-refractivity contribution in [3.05, 3.63) is 0 Å². The molecule has 0 N–H and O–H groups in total. The molecule has 0 amide bonds. The second-order valence-corrected chi connectivity index (χ2v) is 4.23. The topological polar surface area (TPSA) is 9.23 Å². The molecule has 1 aliphatic heterocycles. The van der Waals surface area contributed by atoms with Gasteiger partial charge < -0.3 is 29.6 Å². The van der Waals surface area contributed by atoms with Crippen LogP contribution in [0.5, 0.6) is 0 Å². The summed E-state index contributed by atoms with van der Waals surface area (Å²) in [4.78, 5) is 0. The summed E-state index contributed by atoms with van der Waals surface area (Å²) in [6.07, 6.45) is 3.87. The molecule has 1 unspecified atom stereocenters. The third-order valence-electron chi connectivity index (χ3n) is 1.52. The van der Waals surface area contributed by atoms with E-state index in [4.69, 9.17) is 4.74 Å². The fourth-order valence-corrected chi connectivity index (χ4v) is 0.510. The molecule has 5 heteroatoms. The minimum atomic E-state index is 0. The predicted octanol–water partition coefficient (Wildman–Crippen LogP) is -6.82. The molecule has 0 bridgehead atoms. The zero-order valence-corrected chi connectivity index (χ0v) is 11.9. The van der Waals surface area contributed by atoms with Gasteiger partial charge in [-0.1, -0.05) is 0 Å². The second-order valence-electron chi connectivity index (χ2n) is 2.83. The molecule has 72 valence electrons. The molecule has 0 spiro atoms. The van der Waals surface area contributed by atoms with Gasteiger partial charge in [0.15, 0.2) is 0 Å². The molecule has 1 heterocycles. The van der Waals surface area contributed by atoms with Gasteiger partial charge in [0.2, 0.25) is 0 Å². The number of rotatable bonds is 1. The maximum absolute atomic E-state index is 4.94. The Morgan fingerprint density at radius 3 is 1.62 bits per heavy atom. The van der Waals surface area contributed by atoms with E-state index in [1.165, 1.54) is 19.3 Å². The average molecular weight is 231 g/mol. The maximum atomic E-state index is 4.94. The second kappa shape index (κ2) is 19.5. The Morgan fingerprint density at radius 2 is 1.54 bits per heavy atom. The monoisotopic (exact) mass is 230 g/mol. The summed E-state index contributed by atoms with van der Waals surface area (Å²) >= 11 is 2.05. The standard InChI is InChI=1S/C4H8O.C4H9.2ClH.Li.Mg/c1-2-4-5-3-1;1-3-4-2;;;;/h1-4H2;3H,4H2,1-2H3;2*1H;;/q;;;;2*+1/p-2. The normalized spacial score (nSPS) is 15.1. The molecule has 0 aliphatic carbocycles. The van der Waals surface area contributed by atoms with Crippen LogP contribution in [0.1, 0.15) is 33.1 Å². The van der Waals surface area contributed by atoms with E-state index in [0.29, 0.717) is 0 Å². The van der Waals surface area contributed by atoms with Gasteiger partial charge in [0.25, 0.3) is 0 Å². The Labute approximate surface area is 120 Å². The first kappa shape index (κ1) is 24.2. The van der Waals surface area contributed by atoms with Crippen LogP contribution in [-0.2, 0) is 4.74 Å². The smallest absolute Gasteiger partial charge is 1.00 e. The van der Waals surface area contributed by atoms with Gasteiger partial charge in [-0.3, -0.25) is 0 Å². The first-order chi connectivity index (χ1) is 4.77. The summed E-state index contributed by atoms with van der Waals surface area (Å²) in [7, 11) is 0. The average Bonchev–Trinajstić information content (AvgIpc) is 2.43. The van der Waals surface area contributed by atoms with Gasteiger partial charge >= 0.3 is 64.9 Å². The summed E-state index contributed by atoms with van der Waals surface area (Å²) in [6.45, 7) is 6.44. The van der Waals surface area contributed by atoms with Gasteiger partial charge in [-0.15, -0.1) is 0 Å². The van der Waals surface area contributed by atoms with E-state index < -0.39 is 0 Å². The van der Waals surface area contributed by atoms with E-state index in [1.807, 2.05) is 0 Å². The first-order valence-corrected chi connectivity index (χ1v) is 4.99. The molecule has 1 nitrogen and oxygen atoms in total. The van der Waals surface area contributed by atoms with Gasteiger partial charge in [0.05, 0.1) is 0 Å². The molecule has 1 atom stereocenters. The van der Waals surface area contributed by atoms with Crippen LogP contribution in [0.3, 0.4) is 0 Å². The summed E-state index contributed by atoms with van der Waals surface area (Å²) in [6, 6.07) is 0. The van der Waals surface area contributed by atoms with Crippen molar-refractivity contribution in [3.8, 4) is 0 Å². The van der Waals surface area contributed by atoms with Crippen LogP contribution in [0.2, 0.25) is 4.05 Å². The number of hydrogen-bond acceptors (Lipinski definition) is 1. The number of ether oxygens (including phenoxy) is 1. The molecular weight excluding hydrogens is 214 g/mol. The van der Waals surface area contributed by atoms with Crippen molar-refractivity contribution in [1.29, 1.82) is 0 Å². The zero-order valence-electron chi connectivity index (χ0n) is 8.98. The van der Waals surface area contributed by atoms with Crippen molar-refractivity contribution in [2.24, 2.45) is 0 Å². The van der Waals surface area contributed by atoms with E-state index in [0.717, 1.165) is 17.3 Å². The Kier molecular flexibility index (Phi) is 36.3. The van der Waals surface area contributed by atoms with Crippen molar-refractivity contribution in [3.63, 3.8) is 0 Å². The fraction of sp³-hybridized carbons (Fsp3) is 1.00. The SMILES string of the molecule is C1CCOC1.CC[CH](C)[Mg+].[Cl-].[Cl-].[Li+]. The quantitative estimate of drug-likeness (QED) is 0.408. The molecule has 1 rings (SSSR count). The number of hydrogen-bond donors (Lipinski definition) is 0. The van der Waals surface area contributed by atoms with E-state index in [9.17, 15) is 0 Å². The maximum Gasteiger partial charge on any atom is 1.00 e. The van der Waals surface area contributed by atoms with Gasteiger partial charge in [0.1, 0.15) is 0 Å². The van der Waals surface area contributed by atoms with Gasteiger partial charge in [0, 0.05) is 13.2 Å². The van der Waals surface area contributed by atoms with E-state index >= 15 is 0 Å². The van der Waals surface area contributed by atoms with Crippen molar-refractivity contribution >= 4 is 21.7 Å². The molecule has 0 aromatic carbocycles. The minimum Gasteiger partial charge on any atom is -1.00 e. The summed E-state index contributed by atoms with van der Waals surface area (Å²) < 4.78 is 5.86. The third kappa shape index (κ3) is 24.9. The Bertz CT molecular complexity index is 65.6. The van der Waals surface area contributed by atoms with Crippen LogP contribution in [0.25, 0.3) is 0 Å². The first-order valence-electron chi connectivity index (χ1n) is 4.18. The van der Waals surface area contributed by atoms with Crippen LogP contribution in [0.4, 0.5) is 0 Å². The molecule has 0 saturated carbocycles. The van der Waals surface area contributed by atoms with Gasteiger partial charge in [-0.05, 0) is 12.8 Å². The van der Waals surface area contributed by atoms with E-state index in [2.05, 4.69) is 35.6 Å². The van der Waals surface area contributed by atoms with Crippen LogP contribution in [0.15, 0.2) is 0 Å². The summed E-state index contributed by atoms with van der Waals surface area (Å²) in [5, 5.41) is 0. The van der Waals surface area contributed by atoms with Crippen molar-refractivity contribution in [2.75, 3.05) is 13.2 Å². The molecule has 1 saturated heterocycles. The van der Waals surface area contributed by atoms with Crippen LogP contribution in [0, 0.1) is 0 Å². The van der Waals surface area contributed by atoms with E-state index in [1.54, 1.807) is 0 Å². The summed E-state index contributed by atoms with van der Waals surface area (Å²) in [5.74, 6) is 0. The zero-order chi connectivity index (χ0) is 7.82. The molecule has 0 aromatic rings. The van der Waals surface area contributed by atoms with Crippen molar-refractivity contribution in [2.45, 2.75) is 37.2 Å². The molecule has 1 fully saturated rings. The molecule has 0 aromatic heterocycles. The Morgan fingerprint density at radius 1 is 1.23 bits per heavy atom. The Hall–Kier alpha value is 1.90. The van der Waals surface area contributed by atoms with Crippen molar-refractivity contribution < 1.29 is 48.4 Å². The van der Waals surface area contributed by atoms with Gasteiger partial charge in [-0.2, -0.15) is 0 Å². The largest absolute Gasteiger partial charge is 1.00 e. The predicted molar refractivity (Wildman–Crippen MR) is 45.5 cm³/mol. The minimum absolute atomic E-state index is 0. The fourth-order valence-electron chi connectivity index (χ4n) is 0.510. The van der Waals surface area contributed by atoms with Crippen molar-refractivity contribution in [1.82, 2.24) is 0 Å². The van der Waals surface area contributed by atoms with Crippen LogP contribution < -0.4 is 43.7 Å². The molecular formula is C8H17Cl2LiMgO. The van der Waals surface area contributed by atoms with Crippen LogP contribution >= 0.6 is 0 Å². The third-order valence-corrected chi connectivity index (χ3v) is 2.10.